The molecule has 134 valence electrons. The topological polar surface area (TPSA) is 66.8 Å². The summed E-state index contributed by atoms with van der Waals surface area (Å²) in [5, 5.41) is 9.97. The summed E-state index contributed by atoms with van der Waals surface area (Å²) in [5.74, 6) is -0.587. The van der Waals surface area contributed by atoms with Crippen molar-refractivity contribution in [2.75, 3.05) is 26.0 Å². The van der Waals surface area contributed by atoms with Crippen LogP contribution in [0.15, 0.2) is 53.4 Å². The first-order valence-corrected chi connectivity index (χ1v) is 9.67. The molecule has 2 atom stereocenters. The third-order valence-corrected chi connectivity index (χ3v) is 6.17. The number of rotatable bonds is 3. The van der Waals surface area contributed by atoms with Crippen molar-refractivity contribution in [3.05, 3.63) is 59.7 Å². The standard InChI is InChI=1S/C20H19NO4S/c1-26-17-9-5-3-7-14(17)18(22)21-10-15-13-6-2-4-8-16(13)25-12-20(15,11-21)19(23)24/h2-9,15H,10-12H2,1H3,(H,23,24). The zero-order valence-electron chi connectivity index (χ0n) is 14.3. The minimum atomic E-state index is -1.10. The third-order valence-electron chi connectivity index (χ3n) is 5.37. The van der Waals surface area contributed by atoms with Gasteiger partial charge in [-0.15, -0.1) is 11.8 Å². The van der Waals surface area contributed by atoms with Crippen molar-refractivity contribution in [3.8, 4) is 5.75 Å². The van der Waals surface area contributed by atoms with Gasteiger partial charge in [-0.25, -0.2) is 0 Å². The zero-order chi connectivity index (χ0) is 18.3. The molecule has 2 aliphatic heterocycles. The van der Waals surface area contributed by atoms with E-state index < -0.39 is 11.4 Å². The van der Waals surface area contributed by atoms with E-state index in [4.69, 9.17) is 4.74 Å². The first kappa shape index (κ1) is 17.0. The number of aliphatic carboxylic acids is 1. The van der Waals surface area contributed by atoms with Crippen molar-refractivity contribution < 1.29 is 19.4 Å². The van der Waals surface area contributed by atoms with Gasteiger partial charge >= 0.3 is 5.97 Å². The summed E-state index contributed by atoms with van der Waals surface area (Å²) in [7, 11) is 0. The van der Waals surface area contributed by atoms with Gasteiger partial charge in [-0.2, -0.15) is 0 Å². The van der Waals surface area contributed by atoms with Gasteiger partial charge in [0.1, 0.15) is 17.8 Å². The van der Waals surface area contributed by atoms with E-state index in [0.717, 1.165) is 10.5 Å². The van der Waals surface area contributed by atoms with Crippen LogP contribution in [0.2, 0.25) is 0 Å². The molecule has 0 bridgehead atoms. The molecule has 1 amide bonds. The lowest BCUT2D eigenvalue weighted by atomic mass is 9.73. The molecule has 2 unspecified atom stereocenters. The number of thioether (sulfide) groups is 1. The van der Waals surface area contributed by atoms with Crippen LogP contribution < -0.4 is 4.74 Å². The summed E-state index contributed by atoms with van der Waals surface area (Å²) in [6.45, 7) is 0.620. The highest BCUT2D eigenvalue weighted by molar-refractivity contribution is 7.98. The molecule has 1 saturated heterocycles. The molecule has 1 N–H and O–H groups in total. The Morgan fingerprint density at radius 2 is 1.92 bits per heavy atom. The van der Waals surface area contributed by atoms with Crippen LogP contribution in [0, 0.1) is 5.41 Å². The van der Waals surface area contributed by atoms with E-state index in [0.29, 0.717) is 17.9 Å². The molecule has 0 spiro atoms. The van der Waals surface area contributed by atoms with Gasteiger partial charge in [-0.3, -0.25) is 9.59 Å². The number of fused-ring (bicyclic) bond motifs is 3. The maximum Gasteiger partial charge on any atom is 0.315 e. The molecule has 0 radical (unpaired) electrons. The monoisotopic (exact) mass is 369 g/mol. The smallest absolute Gasteiger partial charge is 0.315 e. The molecule has 2 aliphatic rings. The van der Waals surface area contributed by atoms with Crippen molar-refractivity contribution in [2.45, 2.75) is 10.8 Å². The fourth-order valence-electron chi connectivity index (χ4n) is 3.98. The van der Waals surface area contributed by atoms with Gasteiger partial charge in [0.25, 0.3) is 5.91 Å². The molecule has 4 rings (SSSR count). The number of carbonyl (C=O) groups excluding carboxylic acids is 1. The van der Waals surface area contributed by atoms with Crippen molar-refractivity contribution in [2.24, 2.45) is 5.41 Å². The van der Waals surface area contributed by atoms with Crippen LogP contribution in [-0.2, 0) is 4.79 Å². The normalized spacial score (nSPS) is 23.7. The fourth-order valence-corrected chi connectivity index (χ4v) is 4.57. The Morgan fingerprint density at radius 1 is 1.19 bits per heavy atom. The second-order valence-corrected chi connectivity index (χ2v) is 7.57. The summed E-state index contributed by atoms with van der Waals surface area (Å²) in [4.78, 5) is 27.9. The molecule has 5 nitrogen and oxygen atoms in total. The van der Waals surface area contributed by atoms with Crippen molar-refractivity contribution >= 4 is 23.6 Å². The van der Waals surface area contributed by atoms with Crippen molar-refractivity contribution in [1.82, 2.24) is 4.90 Å². The van der Waals surface area contributed by atoms with Crippen LogP contribution in [0.5, 0.6) is 5.75 Å². The van der Waals surface area contributed by atoms with E-state index >= 15 is 0 Å². The van der Waals surface area contributed by atoms with Crippen LogP contribution >= 0.6 is 11.8 Å². The van der Waals surface area contributed by atoms with E-state index in [1.54, 1.807) is 11.0 Å². The van der Waals surface area contributed by atoms with E-state index in [1.165, 1.54) is 11.8 Å². The number of benzene rings is 2. The average molecular weight is 369 g/mol. The van der Waals surface area contributed by atoms with Crippen molar-refractivity contribution in [1.29, 1.82) is 0 Å². The largest absolute Gasteiger partial charge is 0.492 e. The number of carbonyl (C=O) groups is 2. The Hall–Kier alpha value is -2.47. The lowest BCUT2D eigenvalue weighted by Gasteiger charge is -2.35. The highest BCUT2D eigenvalue weighted by Crippen LogP contribution is 2.50. The van der Waals surface area contributed by atoms with Gasteiger partial charge in [-0.1, -0.05) is 30.3 Å². The maximum absolute atomic E-state index is 13.1. The van der Waals surface area contributed by atoms with Crippen LogP contribution in [-0.4, -0.2) is 47.8 Å². The van der Waals surface area contributed by atoms with E-state index in [1.807, 2.05) is 48.7 Å². The predicted molar refractivity (Wildman–Crippen MR) is 98.9 cm³/mol. The SMILES string of the molecule is CSc1ccccc1C(=O)N1CC2c3ccccc3OCC2(C(=O)O)C1. The number of carboxylic acids is 1. The molecular formula is C20H19NO4S. The highest BCUT2D eigenvalue weighted by atomic mass is 32.2. The number of hydrogen-bond donors (Lipinski definition) is 1. The first-order valence-electron chi connectivity index (χ1n) is 8.44. The second kappa shape index (κ2) is 6.36. The number of ether oxygens (including phenoxy) is 1. The summed E-state index contributed by atoms with van der Waals surface area (Å²) in [6.07, 6.45) is 1.93. The molecule has 0 aliphatic carbocycles. The number of amides is 1. The first-order chi connectivity index (χ1) is 12.6. The predicted octanol–water partition coefficient (Wildman–Crippen LogP) is 3.11. The Morgan fingerprint density at radius 3 is 2.69 bits per heavy atom. The minimum absolute atomic E-state index is 0.0813. The molecule has 2 aromatic rings. The average Bonchev–Trinajstić information content (AvgIpc) is 3.09. The quantitative estimate of drug-likeness (QED) is 0.842. The van der Waals surface area contributed by atoms with Gasteiger partial charge in [0.2, 0.25) is 0 Å². The zero-order valence-corrected chi connectivity index (χ0v) is 15.2. The fraction of sp³-hybridized carbons (Fsp3) is 0.300. The maximum atomic E-state index is 13.1. The van der Waals surface area contributed by atoms with E-state index in [-0.39, 0.29) is 25.0 Å². The highest BCUT2D eigenvalue weighted by Gasteiger charge is 2.57. The minimum Gasteiger partial charge on any atom is -0.492 e. The lowest BCUT2D eigenvalue weighted by molar-refractivity contribution is -0.151. The summed E-state index contributed by atoms with van der Waals surface area (Å²) in [5.41, 5.74) is 0.390. The van der Waals surface area contributed by atoms with Gasteiger partial charge in [-0.05, 0) is 24.5 Å². The van der Waals surface area contributed by atoms with Crippen molar-refractivity contribution in [3.63, 3.8) is 0 Å². The summed E-state index contributed by atoms with van der Waals surface area (Å²) in [6, 6.07) is 15.0. The molecule has 1 fully saturated rings. The van der Waals surface area contributed by atoms with E-state index in [2.05, 4.69) is 0 Å². The molecular weight excluding hydrogens is 350 g/mol. The van der Waals surface area contributed by atoms with Crippen LogP contribution in [0.25, 0.3) is 0 Å². The van der Waals surface area contributed by atoms with Crippen LogP contribution in [0.1, 0.15) is 21.8 Å². The molecule has 2 aromatic carbocycles. The van der Waals surface area contributed by atoms with E-state index in [9.17, 15) is 14.7 Å². The number of nitrogens with zero attached hydrogens (tertiary/aromatic N) is 1. The Balaban J connectivity index is 1.72. The summed E-state index contributed by atoms with van der Waals surface area (Å²) >= 11 is 1.51. The Labute approximate surface area is 156 Å². The second-order valence-electron chi connectivity index (χ2n) is 6.73. The van der Waals surface area contributed by atoms with Gasteiger partial charge < -0.3 is 14.7 Å². The molecule has 26 heavy (non-hydrogen) atoms. The molecule has 0 saturated carbocycles. The Bertz CT molecular complexity index is 884. The van der Waals surface area contributed by atoms with Crippen LogP contribution in [0.4, 0.5) is 0 Å². The van der Waals surface area contributed by atoms with Crippen LogP contribution in [0.3, 0.4) is 0 Å². The lowest BCUT2D eigenvalue weighted by Crippen LogP contribution is -2.46. The summed E-state index contributed by atoms with van der Waals surface area (Å²) < 4.78 is 5.76. The molecule has 6 heteroatoms. The third kappa shape index (κ3) is 2.48. The number of carboxylic acid groups (broad SMARTS) is 1. The number of para-hydroxylation sites is 1. The number of hydrogen-bond acceptors (Lipinski definition) is 4. The van der Waals surface area contributed by atoms with Gasteiger partial charge in [0.05, 0.1) is 5.56 Å². The number of likely N-dealkylation sites (tertiary alicyclic amines) is 1. The molecule has 0 aromatic heterocycles. The molecule has 2 heterocycles. The van der Waals surface area contributed by atoms with Gasteiger partial charge in [0, 0.05) is 29.5 Å². The Kier molecular flexibility index (Phi) is 4.15. The van der Waals surface area contributed by atoms with Gasteiger partial charge in [0.15, 0.2) is 0 Å².